The molecule has 0 aliphatic carbocycles. The average Bonchev–Trinajstić information content (AvgIpc) is 2.45. The summed E-state index contributed by atoms with van der Waals surface area (Å²) in [6.07, 6.45) is 3.21. The van der Waals surface area contributed by atoms with Gasteiger partial charge in [-0.15, -0.1) is 0 Å². The molecule has 1 aromatic carbocycles. The number of nitrogens with two attached hydrogens (primary N) is 1. The fourth-order valence-electron chi connectivity index (χ4n) is 1.80. The molecule has 0 aliphatic heterocycles. The molecule has 19 heavy (non-hydrogen) atoms. The van der Waals surface area contributed by atoms with Gasteiger partial charge in [0.1, 0.15) is 0 Å². The van der Waals surface area contributed by atoms with Crippen molar-refractivity contribution in [3.63, 3.8) is 0 Å². The normalized spacial score (nSPS) is 10.4. The van der Waals surface area contributed by atoms with Crippen LogP contribution in [-0.4, -0.2) is 23.1 Å². The van der Waals surface area contributed by atoms with E-state index in [-0.39, 0.29) is 0 Å². The van der Waals surface area contributed by atoms with Crippen molar-refractivity contribution in [2.75, 3.05) is 18.0 Å². The fraction of sp³-hybridized carbons (Fsp3) is 0.286. The lowest BCUT2D eigenvalue weighted by molar-refractivity contribution is 0.609. The van der Waals surface area contributed by atoms with Crippen molar-refractivity contribution in [1.82, 2.24) is 9.97 Å². The molecule has 1 aromatic heterocycles. The minimum absolute atomic E-state index is 0.428. The minimum atomic E-state index is -0.428. The van der Waals surface area contributed by atoms with Gasteiger partial charge in [0.2, 0.25) is 5.95 Å². The molecule has 2 N–H and O–H groups in total. The third-order valence-electron chi connectivity index (χ3n) is 2.74. The summed E-state index contributed by atoms with van der Waals surface area (Å²) in [7, 11) is 0. The molecule has 4 nitrogen and oxygen atoms in total. The zero-order valence-electron chi connectivity index (χ0n) is 10.7. The van der Waals surface area contributed by atoms with E-state index in [4.69, 9.17) is 5.73 Å². The number of hydrogen-bond donors (Lipinski definition) is 1. The molecule has 0 saturated heterocycles. The Bertz CT molecular complexity index is 487. The smallest absolute Gasteiger partial charge is 0.225 e. The molecule has 2 aromatic rings. The van der Waals surface area contributed by atoms with E-state index in [0.29, 0.717) is 19.0 Å². The number of rotatable bonds is 6. The summed E-state index contributed by atoms with van der Waals surface area (Å²) in [5.41, 5.74) is 6.70. The topological polar surface area (TPSA) is 55.0 Å². The maximum absolute atomic E-state index is 12.9. The third-order valence-corrected chi connectivity index (χ3v) is 2.74. The molecule has 2 rings (SSSR count). The quantitative estimate of drug-likeness (QED) is 0.862. The molecule has 0 atom stereocenters. The second-order valence-electron chi connectivity index (χ2n) is 4.25. The van der Waals surface area contributed by atoms with E-state index in [1.165, 1.54) is 12.4 Å². The molecule has 100 valence electrons. The zero-order chi connectivity index (χ0) is 13.5. The molecule has 1 heterocycles. The molecule has 0 aliphatic rings. The number of anilines is 1. The summed E-state index contributed by atoms with van der Waals surface area (Å²) in [4.78, 5) is 10.1. The number of hydrogen-bond acceptors (Lipinski definition) is 4. The van der Waals surface area contributed by atoms with Crippen molar-refractivity contribution < 1.29 is 4.39 Å². The van der Waals surface area contributed by atoms with Gasteiger partial charge < -0.3 is 10.6 Å². The first kappa shape index (κ1) is 13.4. The third kappa shape index (κ3) is 3.99. The van der Waals surface area contributed by atoms with Gasteiger partial charge in [-0.05, 0) is 18.5 Å². The van der Waals surface area contributed by atoms with Crippen LogP contribution in [0, 0.1) is 5.82 Å². The van der Waals surface area contributed by atoms with E-state index in [0.717, 1.165) is 18.5 Å². The van der Waals surface area contributed by atoms with Gasteiger partial charge in [-0.1, -0.05) is 30.3 Å². The van der Waals surface area contributed by atoms with Crippen LogP contribution in [0.2, 0.25) is 0 Å². The van der Waals surface area contributed by atoms with E-state index >= 15 is 0 Å². The highest BCUT2D eigenvalue weighted by Gasteiger charge is 2.09. The summed E-state index contributed by atoms with van der Waals surface area (Å²) in [6, 6.07) is 10.0. The molecule has 0 amide bonds. The summed E-state index contributed by atoms with van der Waals surface area (Å²) < 4.78 is 12.9. The van der Waals surface area contributed by atoms with Crippen molar-refractivity contribution in [3.8, 4) is 0 Å². The lowest BCUT2D eigenvalue weighted by Crippen LogP contribution is -2.27. The molecule has 5 heteroatoms. The Labute approximate surface area is 112 Å². The summed E-state index contributed by atoms with van der Waals surface area (Å²) in [5, 5.41) is 0. The number of aromatic nitrogens is 2. The van der Waals surface area contributed by atoms with E-state index in [2.05, 4.69) is 9.97 Å². The Kier molecular flexibility index (Phi) is 4.80. The van der Waals surface area contributed by atoms with Crippen LogP contribution in [0.25, 0.3) is 0 Å². The van der Waals surface area contributed by atoms with Crippen LogP contribution in [0.4, 0.5) is 10.3 Å². The molecule has 0 fully saturated rings. The summed E-state index contributed by atoms with van der Waals surface area (Å²) >= 11 is 0. The Morgan fingerprint density at radius 3 is 2.42 bits per heavy atom. The van der Waals surface area contributed by atoms with Crippen LogP contribution in [0.1, 0.15) is 12.0 Å². The Morgan fingerprint density at radius 2 is 1.79 bits per heavy atom. The number of nitrogens with zero attached hydrogens (tertiary/aromatic N) is 3. The van der Waals surface area contributed by atoms with Gasteiger partial charge in [-0.3, -0.25) is 0 Å². The maximum Gasteiger partial charge on any atom is 0.225 e. The predicted octanol–water partition coefficient (Wildman–Crippen LogP) is 1.97. The second kappa shape index (κ2) is 6.80. The molecule has 0 radical (unpaired) electrons. The number of halogens is 1. The van der Waals surface area contributed by atoms with Crippen molar-refractivity contribution in [2.45, 2.75) is 13.0 Å². The standard InChI is InChI=1S/C14H17FN4/c15-13-9-17-14(18-10-13)19(8-4-7-16)11-12-5-2-1-3-6-12/h1-3,5-6,9-10H,4,7-8,11,16H2. The fourth-order valence-corrected chi connectivity index (χ4v) is 1.80. The van der Waals surface area contributed by atoms with Crippen molar-refractivity contribution in [1.29, 1.82) is 0 Å². The Balaban J connectivity index is 2.13. The van der Waals surface area contributed by atoms with E-state index in [1.807, 2.05) is 35.2 Å². The van der Waals surface area contributed by atoms with Crippen LogP contribution in [0.15, 0.2) is 42.7 Å². The van der Waals surface area contributed by atoms with Gasteiger partial charge in [0.15, 0.2) is 5.82 Å². The monoisotopic (exact) mass is 260 g/mol. The lowest BCUT2D eigenvalue weighted by Gasteiger charge is -2.22. The lowest BCUT2D eigenvalue weighted by atomic mass is 10.2. The maximum atomic E-state index is 12.9. The van der Waals surface area contributed by atoms with Crippen molar-refractivity contribution in [2.24, 2.45) is 5.73 Å². The van der Waals surface area contributed by atoms with Gasteiger partial charge in [0, 0.05) is 13.1 Å². The molecular formula is C14H17FN4. The molecule has 0 saturated carbocycles. The first-order valence-electron chi connectivity index (χ1n) is 6.26. The minimum Gasteiger partial charge on any atom is -0.336 e. The first-order chi connectivity index (χ1) is 9.29. The van der Waals surface area contributed by atoms with Crippen LogP contribution < -0.4 is 10.6 Å². The Morgan fingerprint density at radius 1 is 1.11 bits per heavy atom. The highest BCUT2D eigenvalue weighted by Crippen LogP contribution is 2.12. The zero-order valence-corrected chi connectivity index (χ0v) is 10.7. The van der Waals surface area contributed by atoms with Crippen LogP contribution in [-0.2, 0) is 6.54 Å². The summed E-state index contributed by atoms with van der Waals surface area (Å²) in [6.45, 7) is 2.04. The van der Waals surface area contributed by atoms with E-state index in [9.17, 15) is 4.39 Å². The highest BCUT2D eigenvalue weighted by molar-refractivity contribution is 5.31. The van der Waals surface area contributed by atoms with E-state index < -0.39 is 5.82 Å². The van der Waals surface area contributed by atoms with Crippen LogP contribution >= 0.6 is 0 Å². The van der Waals surface area contributed by atoms with Gasteiger partial charge in [0.25, 0.3) is 0 Å². The molecular weight excluding hydrogens is 243 g/mol. The van der Waals surface area contributed by atoms with E-state index in [1.54, 1.807) is 0 Å². The van der Waals surface area contributed by atoms with Crippen molar-refractivity contribution >= 4 is 5.95 Å². The van der Waals surface area contributed by atoms with Gasteiger partial charge in [-0.25, -0.2) is 14.4 Å². The second-order valence-corrected chi connectivity index (χ2v) is 4.25. The predicted molar refractivity (Wildman–Crippen MR) is 73.2 cm³/mol. The molecule has 0 bridgehead atoms. The van der Waals surface area contributed by atoms with Crippen LogP contribution in [0.5, 0.6) is 0 Å². The SMILES string of the molecule is NCCCN(Cc1ccccc1)c1ncc(F)cn1. The highest BCUT2D eigenvalue weighted by atomic mass is 19.1. The summed E-state index contributed by atoms with van der Waals surface area (Å²) in [5.74, 6) is 0.0981. The number of benzene rings is 1. The van der Waals surface area contributed by atoms with Crippen molar-refractivity contribution in [3.05, 3.63) is 54.1 Å². The molecule has 0 spiro atoms. The molecule has 0 unspecified atom stereocenters. The Hall–Kier alpha value is -2.01. The van der Waals surface area contributed by atoms with Gasteiger partial charge >= 0.3 is 0 Å². The van der Waals surface area contributed by atoms with Gasteiger partial charge in [-0.2, -0.15) is 0 Å². The van der Waals surface area contributed by atoms with Gasteiger partial charge in [0.05, 0.1) is 12.4 Å². The first-order valence-corrected chi connectivity index (χ1v) is 6.26. The average molecular weight is 260 g/mol. The largest absolute Gasteiger partial charge is 0.336 e. The van der Waals surface area contributed by atoms with Crippen LogP contribution in [0.3, 0.4) is 0 Å².